The SMILES string of the molecule is NC1CC2(C1)CC(C(=O)Nc1ccc3c(c1)CCN3C(=O)c1cccnc1)C2. The monoisotopic (exact) mass is 376 g/mol. The van der Waals surface area contributed by atoms with Crippen molar-refractivity contribution in [3.05, 3.63) is 53.9 Å². The van der Waals surface area contributed by atoms with Crippen LogP contribution in [0.2, 0.25) is 0 Å². The van der Waals surface area contributed by atoms with E-state index in [0.29, 0.717) is 23.6 Å². The minimum atomic E-state index is -0.0397. The quantitative estimate of drug-likeness (QED) is 0.862. The fraction of sp³-hybridized carbons (Fsp3) is 0.409. The molecule has 0 bridgehead atoms. The van der Waals surface area contributed by atoms with Crippen molar-refractivity contribution in [3.8, 4) is 0 Å². The molecule has 0 unspecified atom stereocenters. The topological polar surface area (TPSA) is 88.3 Å². The van der Waals surface area contributed by atoms with Gasteiger partial charge in [0.15, 0.2) is 0 Å². The van der Waals surface area contributed by atoms with E-state index in [1.807, 2.05) is 18.2 Å². The Morgan fingerprint density at radius 3 is 2.71 bits per heavy atom. The second-order valence-corrected chi connectivity index (χ2v) is 8.55. The van der Waals surface area contributed by atoms with Gasteiger partial charge >= 0.3 is 0 Å². The van der Waals surface area contributed by atoms with E-state index in [0.717, 1.165) is 49.0 Å². The van der Waals surface area contributed by atoms with E-state index < -0.39 is 0 Å². The van der Waals surface area contributed by atoms with E-state index in [1.165, 1.54) is 0 Å². The lowest BCUT2D eigenvalue weighted by atomic mass is 9.50. The van der Waals surface area contributed by atoms with Crippen LogP contribution < -0.4 is 16.0 Å². The summed E-state index contributed by atoms with van der Waals surface area (Å²) >= 11 is 0. The molecule has 0 saturated heterocycles. The first-order valence-corrected chi connectivity index (χ1v) is 9.94. The number of carbonyl (C=O) groups is 2. The van der Waals surface area contributed by atoms with Gasteiger partial charge in [-0.05, 0) is 73.4 Å². The molecular formula is C22H24N4O2. The number of nitrogens with zero attached hydrogens (tertiary/aromatic N) is 2. The van der Waals surface area contributed by atoms with E-state index in [2.05, 4.69) is 10.3 Å². The van der Waals surface area contributed by atoms with Crippen molar-refractivity contribution >= 4 is 23.2 Å². The number of carbonyl (C=O) groups excluding carboxylic acids is 2. The predicted molar refractivity (Wildman–Crippen MR) is 107 cm³/mol. The summed E-state index contributed by atoms with van der Waals surface area (Å²) < 4.78 is 0. The third-order valence-corrected chi connectivity index (χ3v) is 6.52. The molecule has 1 spiro atoms. The minimum Gasteiger partial charge on any atom is -0.328 e. The number of aromatic nitrogens is 1. The molecule has 2 aliphatic carbocycles. The van der Waals surface area contributed by atoms with Crippen LogP contribution in [0.3, 0.4) is 0 Å². The zero-order valence-electron chi connectivity index (χ0n) is 15.7. The predicted octanol–water partition coefficient (Wildman–Crippen LogP) is 2.74. The zero-order chi connectivity index (χ0) is 19.3. The summed E-state index contributed by atoms with van der Waals surface area (Å²) in [5, 5.41) is 3.06. The van der Waals surface area contributed by atoms with E-state index in [4.69, 9.17) is 5.73 Å². The number of nitrogens with two attached hydrogens (primary N) is 1. The Morgan fingerprint density at radius 2 is 2.00 bits per heavy atom. The molecule has 1 aromatic carbocycles. The fourth-order valence-electron chi connectivity index (χ4n) is 5.14. The third kappa shape index (κ3) is 2.88. The fourth-order valence-corrected chi connectivity index (χ4v) is 5.14. The van der Waals surface area contributed by atoms with Gasteiger partial charge < -0.3 is 16.0 Å². The molecule has 2 fully saturated rings. The highest BCUT2D eigenvalue weighted by Gasteiger charge is 2.53. The smallest absolute Gasteiger partial charge is 0.259 e. The molecule has 6 nitrogen and oxygen atoms in total. The van der Waals surface area contributed by atoms with Crippen molar-refractivity contribution in [3.63, 3.8) is 0 Å². The normalized spacial score (nSPS) is 27.7. The maximum Gasteiger partial charge on any atom is 0.259 e. The second kappa shape index (κ2) is 6.41. The van der Waals surface area contributed by atoms with Crippen molar-refractivity contribution in [2.24, 2.45) is 17.1 Å². The van der Waals surface area contributed by atoms with E-state index in [9.17, 15) is 9.59 Å². The van der Waals surface area contributed by atoms with Crippen molar-refractivity contribution in [2.75, 3.05) is 16.8 Å². The Labute approximate surface area is 164 Å². The third-order valence-electron chi connectivity index (χ3n) is 6.52. The second-order valence-electron chi connectivity index (χ2n) is 8.55. The van der Waals surface area contributed by atoms with Gasteiger partial charge in [0.1, 0.15) is 0 Å². The number of pyridine rings is 1. The largest absolute Gasteiger partial charge is 0.328 e. The van der Waals surface area contributed by atoms with Gasteiger partial charge in [-0.3, -0.25) is 14.6 Å². The lowest BCUT2D eigenvalue weighted by Crippen LogP contribution is -2.55. The molecule has 2 heterocycles. The Hall–Kier alpha value is -2.73. The Balaban J connectivity index is 1.24. The number of nitrogens with one attached hydrogen (secondary N) is 1. The van der Waals surface area contributed by atoms with E-state index >= 15 is 0 Å². The average molecular weight is 376 g/mol. The van der Waals surface area contributed by atoms with E-state index in [1.54, 1.807) is 29.4 Å². The molecule has 144 valence electrons. The zero-order valence-corrected chi connectivity index (χ0v) is 15.7. The average Bonchev–Trinajstić information content (AvgIpc) is 3.06. The summed E-state index contributed by atoms with van der Waals surface area (Å²) in [4.78, 5) is 31.1. The number of fused-ring (bicyclic) bond motifs is 1. The van der Waals surface area contributed by atoms with Gasteiger partial charge in [-0.1, -0.05) is 0 Å². The van der Waals surface area contributed by atoms with Crippen molar-refractivity contribution in [2.45, 2.75) is 38.1 Å². The molecule has 1 aromatic heterocycles. The molecule has 3 N–H and O–H groups in total. The molecule has 5 rings (SSSR count). The molecule has 2 saturated carbocycles. The van der Waals surface area contributed by atoms with Crippen LogP contribution in [0.1, 0.15) is 41.6 Å². The maximum atomic E-state index is 12.7. The molecule has 6 heteroatoms. The number of hydrogen-bond acceptors (Lipinski definition) is 4. The molecule has 3 aliphatic rings. The molecule has 2 amide bonds. The van der Waals surface area contributed by atoms with Crippen LogP contribution in [0.4, 0.5) is 11.4 Å². The molecular weight excluding hydrogens is 352 g/mol. The Bertz CT molecular complexity index is 929. The van der Waals surface area contributed by atoms with Crippen LogP contribution >= 0.6 is 0 Å². The minimum absolute atomic E-state index is 0.0397. The Morgan fingerprint density at radius 1 is 1.18 bits per heavy atom. The van der Waals surface area contributed by atoms with Gasteiger partial charge in [0, 0.05) is 42.3 Å². The van der Waals surface area contributed by atoms with Crippen molar-refractivity contribution < 1.29 is 9.59 Å². The van der Waals surface area contributed by atoms with Gasteiger partial charge in [0.2, 0.25) is 5.91 Å². The number of benzene rings is 1. The highest BCUT2D eigenvalue weighted by molar-refractivity contribution is 6.07. The summed E-state index contributed by atoms with van der Waals surface area (Å²) in [5.41, 5.74) is 9.65. The Kier molecular flexibility index (Phi) is 3.98. The van der Waals surface area contributed by atoms with Gasteiger partial charge in [0.05, 0.1) is 5.56 Å². The molecule has 0 radical (unpaired) electrons. The highest BCUT2D eigenvalue weighted by atomic mass is 16.2. The van der Waals surface area contributed by atoms with Gasteiger partial charge in [-0.15, -0.1) is 0 Å². The first-order valence-electron chi connectivity index (χ1n) is 9.94. The van der Waals surface area contributed by atoms with Crippen LogP contribution in [0.25, 0.3) is 0 Å². The molecule has 1 aliphatic heterocycles. The number of hydrogen-bond donors (Lipinski definition) is 2. The summed E-state index contributed by atoms with van der Waals surface area (Å²) in [6.45, 7) is 0.645. The maximum absolute atomic E-state index is 12.7. The van der Waals surface area contributed by atoms with Crippen LogP contribution in [-0.4, -0.2) is 29.4 Å². The molecule has 2 aromatic rings. The van der Waals surface area contributed by atoms with Gasteiger partial charge in [-0.25, -0.2) is 0 Å². The lowest BCUT2D eigenvalue weighted by Gasteiger charge is -2.56. The van der Waals surface area contributed by atoms with Crippen LogP contribution in [0, 0.1) is 11.3 Å². The van der Waals surface area contributed by atoms with Crippen LogP contribution in [0.5, 0.6) is 0 Å². The number of rotatable bonds is 3. The van der Waals surface area contributed by atoms with Crippen molar-refractivity contribution in [1.82, 2.24) is 4.98 Å². The number of amides is 2. The van der Waals surface area contributed by atoms with E-state index in [-0.39, 0.29) is 17.7 Å². The molecule has 28 heavy (non-hydrogen) atoms. The standard InChI is InChI=1S/C22H24N4O2/c23-17-11-22(12-17)9-16(10-22)20(27)25-18-3-4-19-14(8-18)5-7-26(19)21(28)15-2-1-6-24-13-15/h1-4,6,8,13,16-17H,5,7,9-12,23H2,(H,25,27). The van der Waals surface area contributed by atoms with Crippen molar-refractivity contribution in [1.29, 1.82) is 0 Å². The van der Waals surface area contributed by atoms with Crippen LogP contribution in [0.15, 0.2) is 42.7 Å². The van der Waals surface area contributed by atoms with Gasteiger partial charge in [-0.2, -0.15) is 0 Å². The van der Waals surface area contributed by atoms with Crippen LogP contribution in [-0.2, 0) is 11.2 Å². The highest BCUT2D eigenvalue weighted by Crippen LogP contribution is 2.58. The first kappa shape index (κ1) is 17.4. The summed E-state index contributed by atoms with van der Waals surface area (Å²) in [6, 6.07) is 9.70. The molecule has 0 atom stereocenters. The number of anilines is 2. The lowest BCUT2D eigenvalue weighted by molar-refractivity contribution is -0.132. The summed E-state index contributed by atoms with van der Waals surface area (Å²) in [6.07, 6.45) is 8.10. The first-order chi connectivity index (χ1) is 13.5. The summed E-state index contributed by atoms with van der Waals surface area (Å²) in [7, 11) is 0. The summed E-state index contributed by atoms with van der Waals surface area (Å²) in [5.74, 6) is 0.166. The van der Waals surface area contributed by atoms with Gasteiger partial charge in [0.25, 0.3) is 5.91 Å².